The molecule has 1 amide bonds. The second-order valence-corrected chi connectivity index (χ2v) is 6.59. The van der Waals surface area contributed by atoms with Gasteiger partial charge in [-0.05, 0) is 37.1 Å². The molecular formula is C20H20FN5O. The second-order valence-electron chi connectivity index (χ2n) is 6.59. The smallest absolute Gasteiger partial charge is 0.257 e. The summed E-state index contributed by atoms with van der Waals surface area (Å²) in [6.07, 6.45) is 4.96. The lowest BCUT2D eigenvalue weighted by Crippen LogP contribution is -2.42. The molecule has 2 aromatic heterocycles. The summed E-state index contributed by atoms with van der Waals surface area (Å²) in [6.45, 7) is 1.30. The highest BCUT2D eigenvalue weighted by atomic mass is 19.1. The van der Waals surface area contributed by atoms with E-state index in [-0.39, 0.29) is 17.8 Å². The van der Waals surface area contributed by atoms with Gasteiger partial charge in [-0.2, -0.15) is 5.10 Å². The van der Waals surface area contributed by atoms with Gasteiger partial charge in [0.05, 0.1) is 17.5 Å². The number of pyridine rings is 1. The fourth-order valence-electron chi connectivity index (χ4n) is 3.37. The quantitative estimate of drug-likeness (QED) is 0.744. The summed E-state index contributed by atoms with van der Waals surface area (Å²) in [6, 6.07) is 12.2. The van der Waals surface area contributed by atoms with Crippen molar-refractivity contribution < 1.29 is 9.18 Å². The molecule has 1 aliphatic rings. The van der Waals surface area contributed by atoms with Gasteiger partial charge >= 0.3 is 0 Å². The molecule has 1 aromatic carbocycles. The molecule has 1 aliphatic heterocycles. The molecule has 1 fully saturated rings. The molecule has 0 spiro atoms. The highest BCUT2D eigenvalue weighted by molar-refractivity contribution is 5.99. The average Bonchev–Trinajstić information content (AvgIpc) is 3.19. The van der Waals surface area contributed by atoms with E-state index in [0.717, 1.165) is 18.7 Å². The Morgan fingerprint density at radius 3 is 2.78 bits per heavy atom. The summed E-state index contributed by atoms with van der Waals surface area (Å²) in [5, 5.41) is 10.2. The third-order valence-corrected chi connectivity index (χ3v) is 4.78. The number of amides is 1. The minimum atomic E-state index is -0.345. The van der Waals surface area contributed by atoms with Crippen LogP contribution in [0.25, 0.3) is 11.3 Å². The normalized spacial score (nSPS) is 14.9. The first-order chi connectivity index (χ1) is 13.2. The van der Waals surface area contributed by atoms with Crippen molar-refractivity contribution in [2.75, 3.05) is 18.4 Å². The van der Waals surface area contributed by atoms with Crippen molar-refractivity contribution in [2.24, 2.45) is 0 Å². The van der Waals surface area contributed by atoms with Crippen LogP contribution in [0.5, 0.6) is 0 Å². The summed E-state index contributed by atoms with van der Waals surface area (Å²) in [7, 11) is 0. The lowest BCUT2D eigenvalue weighted by atomic mass is 10.0. The Kier molecular flexibility index (Phi) is 4.82. The van der Waals surface area contributed by atoms with E-state index in [2.05, 4.69) is 20.5 Å². The van der Waals surface area contributed by atoms with Gasteiger partial charge in [-0.25, -0.2) is 9.37 Å². The molecule has 0 saturated carbocycles. The highest BCUT2D eigenvalue weighted by Crippen LogP contribution is 2.24. The van der Waals surface area contributed by atoms with Gasteiger partial charge < -0.3 is 10.2 Å². The number of halogens is 1. The van der Waals surface area contributed by atoms with Crippen LogP contribution >= 0.6 is 0 Å². The van der Waals surface area contributed by atoms with E-state index in [4.69, 9.17) is 0 Å². The molecule has 3 aromatic rings. The van der Waals surface area contributed by atoms with E-state index in [9.17, 15) is 9.18 Å². The van der Waals surface area contributed by atoms with Crippen molar-refractivity contribution in [3.8, 4) is 11.3 Å². The number of H-pyrrole nitrogens is 1. The van der Waals surface area contributed by atoms with Crippen LogP contribution in [0.4, 0.5) is 10.2 Å². The zero-order valence-electron chi connectivity index (χ0n) is 14.7. The first-order valence-electron chi connectivity index (χ1n) is 8.97. The molecule has 1 saturated heterocycles. The lowest BCUT2D eigenvalue weighted by molar-refractivity contribution is 0.0719. The molecule has 3 heterocycles. The summed E-state index contributed by atoms with van der Waals surface area (Å²) in [5.74, 6) is 0.423. The summed E-state index contributed by atoms with van der Waals surface area (Å²) >= 11 is 0. The Labute approximate surface area is 156 Å². The Morgan fingerprint density at radius 1 is 1.19 bits per heavy atom. The Morgan fingerprint density at radius 2 is 2.04 bits per heavy atom. The number of carbonyl (C=O) groups excluding carboxylic acids is 1. The first kappa shape index (κ1) is 17.2. The number of piperidine rings is 1. The van der Waals surface area contributed by atoms with Gasteiger partial charge in [-0.1, -0.05) is 18.2 Å². The molecule has 0 unspecified atom stereocenters. The molecule has 0 aliphatic carbocycles. The minimum absolute atomic E-state index is 0.0840. The predicted molar refractivity (Wildman–Crippen MR) is 101 cm³/mol. The van der Waals surface area contributed by atoms with Crippen molar-refractivity contribution in [3.63, 3.8) is 0 Å². The molecule has 0 atom stereocenters. The highest BCUT2D eigenvalue weighted by Gasteiger charge is 2.26. The maximum absolute atomic E-state index is 13.5. The van der Waals surface area contributed by atoms with E-state index in [1.807, 2.05) is 23.1 Å². The summed E-state index contributed by atoms with van der Waals surface area (Å²) < 4.78 is 13.5. The van der Waals surface area contributed by atoms with Crippen molar-refractivity contribution in [1.29, 1.82) is 0 Å². The number of aromatic amines is 1. The van der Waals surface area contributed by atoms with Crippen LogP contribution in [0, 0.1) is 5.82 Å². The summed E-state index contributed by atoms with van der Waals surface area (Å²) in [5.41, 5.74) is 1.63. The third kappa shape index (κ3) is 3.81. The number of aromatic nitrogens is 3. The van der Waals surface area contributed by atoms with Crippen LogP contribution in [0.15, 0.2) is 54.9 Å². The zero-order valence-corrected chi connectivity index (χ0v) is 14.7. The fraction of sp³-hybridized carbons (Fsp3) is 0.250. The fourth-order valence-corrected chi connectivity index (χ4v) is 3.37. The second kappa shape index (κ2) is 7.57. The third-order valence-electron chi connectivity index (χ3n) is 4.78. The number of hydrogen-bond donors (Lipinski definition) is 2. The predicted octanol–water partition coefficient (Wildman–Crippen LogP) is 3.33. The topological polar surface area (TPSA) is 73.9 Å². The van der Waals surface area contributed by atoms with E-state index in [1.165, 1.54) is 18.3 Å². The molecule has 138 valence electrons. The molecule has 0 radical (unpaired) electrons. The van der Waals surface area contributed by atoms with Gasteiger partial charge in [-0.3, -0.25) is 9.89 Å². The molecule has 7 heteroatoms. The van der Waals surface area contributed by atoms with Crippen LogP contribution in [-0.2, 0) is 0 Å². The number of anilines is 1. The number of rotatable bonds is 4. The number of nitrogens with one attached hydrogen (secondary N) is 2. The molecule has 27 heavy (non-hydrogen) atoms. The van der Waals surface area contributed by atoms with E-state index in [0.29, 0.717) is 29.9 Å². The summed E-state index contributed by atoms with van der Waals surface area (Å²) in [4.78, 5) is 19.1. The first-order valence-corrected chi connectivity index (χ1v) is 8.97. The van der Waals surface area contributed by atoms with Crippen LogP contribution < -0.4 is 5.32 Å². The maximum Gasteiger partial charge on any atom is 0.257 e. The molecule has 2 N–H and O–H groups in total. The minimum Gasteiger partial charge on any atom is -0.367 e. The van der Waals surface area contributed by atoms with Gasteiger partial charge in [0.2, 0.25) is 0 Å². The number of carbonyl (C=O) groups is 1. The average molecular weight is 365 g/mol. The van der Waals surface area contributed by atoms with Crippen LogP contribution in [-0.4, -0.2) is 45.1 Å². The van der Waals surface area contributed by atoms with E-state index in [1.54, 1.807) is 18.3 Å². The SMILES string of the molecule is O=C(c1cn[nH]c1-c1cccc(F)c1)N1CCC(Nc2ccccn2)CC1. The molecule has 6 nitrogen and oxygen atoms in total. The van der Waals surface area contributed by atoms with Crippen LogP contribution in [0.3, 0.4) is 0 Å². The monoisotopic (exact) mass is 365 g/mol. The van der Waals surface area contributed by atoms with Crippen molar-refractivity contribution in [1.82, 2.24) is 20.1 Å². The van der Waals surface area contributed by atoms with Crippen molar-refractivity contribution in [2.45, 2.75) is 18.9 Å². The zero-order chi connectivity index (χ0) is 18.6. The largest absolute Gasteiger partial charge is 0.367 e. The van der Waals surface area contributed by atoms with Gasteiger partial charge in [0.1, 0.15) is 11.6 Å². The van der Waals surface area contributed by atoms with Gasteiger partial charge in [0.15, 0.2) is 0 Å². The van der Waals surface area contributed by atoms with Crippen LogP contribution in [0.1, 0.15) is 23.2 Å². The van der Waals surface area contributed by atoms with Gasteiger partial charge in [-0.15, -0.1) is 0 Å². The van der Waals surface area contributed by atoms with Gasteiger partial charge in [0, 0.05) is 30.9 Å². The van der Waals surface area contributed by atoms with Crippen molar-refractivity contribution in [3.05, 3.63) is 66.2 Å². The Balaban J connectivity index is 1.42. The number of likely N-dealkylation sites (tertiary alicyclic amines) is 1. The van der Waals surface area contributed by atoms with Crippen LogP contribution in [0.2, 0.25) is 0 Å². The number of benzene rings is 1. The standard InChI is InChI=1S/C20H20FN5O/c21-15-5-3-4-14(12-15)19-17(13-23-25-19)20(27)26-10-7-16(8-11-26)24-18-6-1-2-9-22-18/h1-6,9,12-13,16H,7-8,10-11H2,(H,22,24)(H,23,25). The number of hydrogen-bond acceptors (Lipinski definition) is 4. The molecule has 4 rings (SSSR count). The molecule has 0 bridgehead atoms. The Bertz CT molecular complexity index is 919. The van der Waals surface area contributed by atoms with E-state index < -0.39 is 0 Å². The van der Waals surface area contributed by atoms with Gasteiger partial charge in [0.25, 0.3) is 5.91 Å². The van der Waals surface area contributed by atoms with Crippen molar-refractivity contribution >= 4 is 11.7 Å². The van der Waals surface area contributed by atoms with E-state index >= 15 is 0 Å². The maximum atomic E-state index is 13.5. The Hall–Kier alpha value is -3.22. The number of nitrogens with zero attached hydrogens (tertiary/aromatic N) is 3. The molecular weight excluding hydrogens is 345 g/mol. The lowest BCUT2D eigenvalue weighted by Gasteiger charge is -2.32.